The van der Waals surface area contributed by atoms with Crippen LogP contribution in [0.1, 0.15) is 18.4 Å². The third-order valence-electron chi connectivity index (χ3n) is 5.25. The highest BCUT2D eigenvalue weighted by molar-refractivity contribution is 5.82. The molecule has 1 aliphatic rings. The Balaban J connectivity index is 1.57. The summed E-state index contributed by atoms with van der Waals surface area (Å²) in [6, 6.07) is 16.4. The maximum absolute atomic E-state index is 5.71. The number of aryl methyl sites for hydroxylation is 1. The Morgan fingerprint density at radius 1 is 1.10 bits per heavy atom. The van der Waals surface area contributed by atoms with Gasteiger partial charge >= 0.3 is 0 Å². The van der Waals surface area contributed by atoms with Crippen LogP contribution in [0.2, 0.25) is 0 Å². The van der Waals surface area contributed by atoms with Gasteiger partial charge in [0.15, 0.2) is 5.65 Å². The van der Waals surface area contributed by atoms with Gasteiger partial charge in [-0.25, -0.2) is 14.5 Å². The van der Waals surface area contributed by atoms with Gasteiger partial charge in [0, 0.05) is 36.7 Å². The molecule has 146 valence electrons. The molecule has 0 aliphatic carbocycles. The van der Waals surface area contributed by atoms with Gasteiger partial charge < -0.3 is 10.1 Å². The molecular formula is C23H23N5O. The number of nitrogens with zero attached hydrogens (tertiary/aromatic N) is 4. The lowest BCUT2D eigenvalue weighted by atomic mass is 10.0. The smallest absolute Gasteiger partial charge is 0.154 e. The summed E-state index contributed by atoms with van der Waals surface area (Å²) in [7, 11) is 0. The number of benzene rings is 1. The largest absolute Gasteiger partial charge is 0.376 e. The molecule has 0 amide bonds. The highest BCUT2D eigenvalue weighted by Gasteiger charge is 2.18. The number of hydrogen-bond donors (Lipinski definition) is 1. The zero-order valence-electron chi connectivity index (χ0n) is 16.4. The minimum atomic E-state index is 0.265. The van der Waals surface area contributed by atoms with Crippen molar-refractivity contribution in [3.63, 3.8) is 0 Å². The summed E-state index contributed by atoms with van der Waals surface area (Å²) in [5.41, 5.74) is 6.02. The number of anilines is 1. The molecule has 5 rings (SSSR count). The van der Waals surface area contributed by atoms with Crippen molar-refractivity contribution in [3.05, 3.63) is 66.5 Å². The second-order valence-electron chi connectivity index (χ2n) is 7.42. The van der Waals surface area contributed by atoms with E-state index in [1.807, 2.05) is 28.9 Å². The molecule has 3 aromatic heterocycles. The van der Waals surface area contributed by atoms with E-state index in [9.17, 15) is 0 Å². The van der Waals surface area contributed by atoms with Gasteiger partial charge in [0.05, 0.1) is 11.8 Å². The van der Waals surface area contributed by atoms with Crippen LogP contribution in [0.5, 0.6) is 0 Å². The van der Waals surface area contributed by atoms with Crippen molar-refractivity contribution in [1.29, 1.82) is 0 Å². The fourth-order valence-electron chi connectivity index (χ4n) is 3.84. The fourth-order valence-corrected chi connectivity index (χ4v) is 3.84. The molecule has 29 heavy (non-hydrogen) atoms. The third kappa shape index (κ3) is 3.59. The van der Waals surface area contributed by atoms with Crippen LogP contribution in [0.3, 0.4) is 0 Å². The van der Waals surface area contributed by atoms with Crippen molar-refractivity contribution in [3.8, 4) is 22.5 Å². The first-order valence-corrected chi connectivity index (χ1v) is 10.0. The molecule has 1 fully saturated rings. The zero-order chi connectivity index (χ0) is 19.6. The standard InChI is InChI=1S/C23H23N5O/c1-16-5-2-6-17(13-16)22-23(28-21(27-22)8-3-10-26-28)18-9-11-24-20(14-18)25-15-19-7-4-12-29-19/h2-3,5-6,8-11,13-14,19H,4,7,12,15H2,1H3,(H,24,25). The normalized spacial score (nSPS) is 16.4. The lowest BCUT2D eigenvalue weighted by molar-refractivity contribution is 0.120. The lowest BCUT2D eigenvalue weighted by Crippen LogP contribution is -2.18. The van der Waals surface area contributed by atoms with E-state index < -0.39 is 0 Å². The molecule has 6 heteroatoms. The van der Waals surface area contributed by atoms with Gasteiger partial charge in [0.1, 0.15) is 11.5 Å². The molecule has 4 heterocycles. The third-order valence-corrected chi connectivity index (χ3v) is 5.25. The van der Waals surface area contributed by atoms with E-state index in [1.54, 1.807) is 6.20 Å². The van der Waals surface area contributed by atoms with Gasteiger partial charge in [-0.3, -0.25) is 0 Å². The zero-order valence-corrected chi connectivity index (χ0v) is 16.4. The maximum Gasteiger partial charge on any atom is 0.154 e. The van der Waals surface area contributed by atoms with Crippen LogP contribution in [0.15, 0.2) is 60.9 Å². The quantitative estimate of drug-likeness (QED) is 0.553. The molecule has 0 bridgehead atoms. The van der Waals surface area contributed by atoms with Crippen molar-refractivity contribution in [1.82, 2.24) is 19.6 Å². The van der Waals surface area contributed by atoms with E-state index in [2.05, 4.69) is 52.7 Å². The summed E-state index contributed by atoms with van der Waals surface area (Å²) in [5.74, 6) is 0.832. The van der Waals surface area contributed by atoms with Crippen LogP contribution in [0.25, 0.3) is 28.2 Å². The number of ether oxygens (including phenoxy) is 1. The summed E-state index contributed by atoms with van der Waals surface area (Å²) in [6.45, 7) is 3.72. The molecule has 4 aromatic rings. The monoisotopic (exact) mass is 385 g/mol. The molecule has 1 aliphatic heterocycles. The molecule has 1 atom stereocenters. The average Bonchev–Trinajstić information content (AvgIpc) is 3.40. The molecule has 0 spiro atoms. The Hall–Kier alpha value is -3.25. The number of aromatic nitrogens is 4. The Kier molecular flexibility index (Phi) is 4.69. The van der Waals surface area contributed by atoms with Crippen molar-refractivity contribution in [2.24, 2.45) is 0 Å². The predicted molar refractivity (Wildman–Crippen MR) is 114 cm³/mol. The van der Waals surface area contributed by atoms with E-state index in [1.165, 1.54) is 5.56 Å². The minimum absolute atomic E-state index is 0.265. The minimum Gasteiger partial charge on any atom is -0.376 e. The van der Waals surface area contributed by atoms with Crippen LogP contribution < -0.4 is 5.32 Å². The van der Waals surface area contributed by atoms with Crippen LogP contribution in [0.4, 0.5) is 5.82 Å². The summed E-state index contributed by atoms with van der Waals surface area (Å²) in [6.07, 6.45) is 6.11. The number of rotatable bonds is 5. The predicted octanol–water partition coefficient (Wildman–Crippen LogP) is 4.36. The Labute approximate surface area is 169 Å². The van der Waals surface area contributed by atoms with Gasteiger partial charge in [-0.05, 0) is 50.1 Å². The second-order valence-corrected chi connectivity index (χ2v) is 7.42. The van der Waals surface area contributed by atoms with Gasteiger partial charge in [-0.15, -0.1) is 0 Å². The second kappa shape index (κ2) is 7.64. The molecule has 1 saturated heterocycles. The van der Waals surface area contributed by atoms with Crippen LogP contribution in [0, 0.1) is 6.92 Å². The number of imidazole rings is 1. The SMILES string of the molecule is Cc1cccc(-c2nc3cccnn3c2-c2ccnc(NCC3CCCO3)c2)c1. The number of fused-ring (bicyclic) bond motifs is 1. The first-order valence-electron chi connectivity index (χ1n) is 10.0. The van der Waals surface area contributed by atoms with E-state index in [-0.39, 0.29) is 6.10 Å². The Morgan fingerprint density at radius 2 is 2.07 bits per heavy atom. The van der Waals surface area contributed by atoms with Crippen LogP contribution in [-0.2, 0) is 4.74 Å². The van der Waals surface area contributed by atoms with Crippen LogP contribution >= 0.6 is 0 Å². The number of hydrogen-bond acceptors (Lipinski definition) is 5. The number of nitrogens with one attached hydrogen (secondary N) is 1. The van der Waals surface area contributed by atoms with Crippen molar-refractivity contribution >= 4 is 11.5 Å². The molecule has 1 N–H and O–H groups in total. The summed E-state index contributed by atoms with van der Waals surface area (Å²) in [5, 5.41) is 7.98. The molecule has 0 radical (unpaired) electrons. The topological polar surface area (TPSA) is 64.3 Å². The van der Waals surface area contributed by atoms with Crippen molar-refractivity contribution in [2.45, 2.75) is 25.9 Å². The van der Waals surface area contributed by atoms with Gasteiger partial charge in [0.2, 0.25) is 0 Å². The maximum atomic E-state index is 5.71. The van der Waals surface area contributed by atoms with E-state index in [0.717, 1.165) is 60.0 Å². The Bertz CT molecular complexity index is 1150. The van der Waals surface area contributed by atoms with E-state index in [0.29, 0.717) is 0 Å². The van der Waals surface area contributed by atoms with Gasteiger partial charge in [-0.1, -0.05) is 23.8 Å². The Morgan fingerprint density at radius 3 is 2.93 bits per heavy atom. The van der Waals surface area contributed by atoms with Gasteiger partial charge in [0.25, 0.3) is 0 Å². The van der Waals surface area contributed by atoms with Gasteiger partial charge in [-0.2, -0.15) is 5.10 Å². The van der Waals surface area contributed by atoms with Crippen LogP contribution in [-0.4, -0.2) is 38.8 Å². The summed E-state index contributed by atoms with van der Waals surface area (Å²) >= 11 is 0. The fraction of sp³-hybridized carbons (Fsp3) is 0.261. The molecule has 0 saturated carbocycles. The first-order chi connectivity index (χ1) is 14.3. The molecule has 6 nitrogen and oxygen atoms in total. The molecule has 1 unspecified atom stereocenters. The summed E-state index contributed by atoms with van der Waals surface area (Å²) in [4.78, 5) is 9.37. The highest BCUT2D eigenvalue weighted by atomic mass is 16.5. The average molecular weight is 385 g/mol. The highest BCUT2D eigenvalue weighted by Crippen LogP contribution is 2.33. The lowest BCUT2D eigenvalue weighted by Gasteiger charge is -2.12. The molecule has 1 aromatic carbocycles. The summed E-state index contributed by atoms with van der Waals surface area (Å²) < 4.78 is 7.61. The first kappa shape index (κ1) is 17.8. The molecular weight excluding hydrogens is 362 g/mol. The van der Waals surface area contributed by atoms with E-state index in [4.69, 9.17) is 9.72 Å². The number of pyridine rings is 1. The van der Waals surface area contributed by atoms with Crippen molar-refractivity contribution in [2.75, 3.05) is 18.5 Å². The van der Waals surface area contributed by atoms with E-state index >= 15 is 0 Å². The van der Waals surface area contributed by atoms with Crippen molar-refractivity contribution < 1.29 is 4.74 Å².